The van der Waals surface area contributed by atoms with Crippen molar-refractivity contribution in [3.63, 3.8) is 0 Å². The van der Waals surface area contributed by atoms with Crippen molar-refractivity contribution in [1.29, 1.82) is 0 Å². The fraction of sp³-hybridized carbons (Fsp3) is 0.400. The number of hydrogen-bond donors (Lipinski definition) is 1. The molecular formula is C10H14BrN. The van der Waals surface area contributed by atoms with Gasteiger partial charge in [-0.2, -0.15) is 0 Å². The first kappa shape index (κ1) is 9.75. The van der Waals surface area contributed by atoms with Gasteiger partial charge in [-0.25, -0.2) is 0 Å². The summed E-state index contributed by atoms with van der Waals surface area (Å²) in [5.74, 6) is 0. The zero-order valence-electron chi connectivity index (χ0n) is 7.69. The minimum absolute atomic E-state index is 0.122. The van der Waals surface area contributed by atoms with Gasteiger partial charge < -0.3 is 5.73 Å². The van der Waals surface area contributed by atoms with Crippen LogP contribution in [-0.4, -0.2) is 0 Å². The molecule has 1 rings (SSSR count). The van der Waals surface area contributed by atoms with Gasteiger partial charge in [0.1, 0.15) is 0 Å². The summed E-state index contributed by atoms with van der Waals surface area (Å²) in [6.07, 6.45) is 0. The molecule has 0 saturated heterocycles. The van der Waals surface area contributed by atoms with Crippen LogP contribution in [0.5, 0.6) is 0 Å². The zero-order valence-corrected chi connectivity index (χ0v) is 9.27. The molecule has 0 heterocycles. The molecule has 0 radical (unpaired) electrons. The summed E-state index contributed by atoms with van der Waals surface area (Å²) in [4.78, 5) is 0. The lowest BCUT2D eigenvalue weighted by molar-refractivity contribution is 0.808. The number of aryl methyl sites for hydroxylation is 2. The minimum Gasteiger partial charge on any atom is -0.324 e. The molecule has 1 unspecified atom stereocenters. The molecule has 1 aromatic carbocycles. The van der Waals surface area contributed by atoms with Crippen LogP contribution in [0.4, 0.5) is 0 Å². The Bertz CT molecular complexity index is 292. The molecule has 0 saturated carbocycles. The summed E-state index contributed by atoms with van der Waals surface area (Å²) in [5.41, 5.74) is 9.55. The van der Waals surface area contributed by atoms with Gasteiger partial charge in [-0.05, 0) is 43.5 Å². The third-order valence-corrected chi connectivity index (χ3v) is 2.89. The van der Waals surface area contributed by atoms with Crippen molar-refractivity contribution in [2.45, 2.75) is 26.8 Å². The maximum Gasteiger partial charge on any atom is 0.0268 e. The van der Waals surface area contributed by atoms with E-state index in [-0.39, 0.29) is 6.04 Å². The molecule has 12 heavy (non-hydrogen) atoms. The van der Waals surface area contributed by atoms with Crippen molar-refractivity contribution in [1.82, 2.24) is 0 Å². The Balaban J connectivity index is 3.23. The second-order valence-electron chi connectivity index (χ2n) is 3.25. The van der Waals surface area contributed by atoms with Crippen LogP contribution in [0.1, 0.15) is 29.7 Å². The fourth-order valence-corrected chi connectivity index (χ4v) is 1.75. The van der Waals surface area contributed by atoms with E-state index >= 15 is 0 Å². The van der Waals surface area contributed by atoms with Gasteiger partial charge in [-0.15, -0.1) is 0 Å². The average Bonchev–Trinajstić information content (AvgIpc) is 1.96. The van der Waals surface area contributed by atoms with E-state index in [2.05, 4.69) is 41.9 Å². The standard InChI is InChI=1S/C10H14BrN/c1-6-5-10(11)7(2)4-9(6)8(3)12/h4-5,8H,12H2,1-3H3. The van der Waals surface area contributed by atoms with Crippen LogP contribution < -0.4 is 5.73 Å². The van der Waals surface area contributed by atoms with E-state index in [4.69, 9.17) is 5.73 Å². The summed E-state index contributed by atoms with van der Waals surface area (Å²) < 4.78 is 1.16. The van der Waals surface area contributed by atoms with E-state index in [1.807, 2.05) is 6.92 Å². The highest BCUT2D eigenvalue weighted by Crippen LogP contribution is 2.23. The van der Waals surface area contributed by atoms with Gasteiger partial charge >= 0.3 is 0 Å². The van der Waals surface area contributed by atoms with Crippen molar-refractivity contribution in [2.24, 2.45) is 5.73 Å². The van der Waals surface area contributed by atoms with Crippen LogP contribution in [0.25, 0.3) is 0 Å². The maximum atomic E-state index is 5.82. The molecule has 0 aliphatic rings. The van der Waals surface area contributed by atoms with E-state index in [1.165, 1.54) is 16.7 Å². The Morgan fingerprint density at radius 2 is 1.83 bits per heavy atom. The number of nitrogens with two attached hydrogens (primary N) is 1. The molecule has 0 aromatic heterocycles. The predicted octanol–water partition coefficient (Wildman–Crippen LogP) is 3.09. The fourth-order valence-electron chi connectivity index (χ4n) is 1.29. The number of halogens is 1. The largest absolute Gasteiger partial charge is 0.324 e. The molecule has 66 valence electrons. The van der Waals surface area contributed by atoms with Crippen molar-refractivity contribution in [2.75, 3.05) is 0 Å². The third-order valence-electron chi connectivity index (χ3n) is 2.04. The van der Waals surface area contributed by atoms with Crippen LogP contribution in [-0.2, 0) is 0 Å². The van der Waals surface area contributed by atoms with E-state index < -0.39 is 0 Å². The molecule has 1 atom stereocenters. The van der Waals surface area contributed by atoms with Gasteiger partial charge in [0, 0.05) is 10.5 Å². The predicted molar refractivity (Wildman–Crippen MR) is 56.2 cm³/mol. The molecule has 1 nitrogen and oxygen atoms in total. The molecular weight excluding hydrogens is 214 g/mol. The minimum atomic E-state index is 0.122. The summed E-state index contributed by atoms with van der Waals surface area (Å²) >= 11 is 3.49. The first-order chi connectivity index (χ1) is 5.52. The molecule has 1 aromatic rings. The number of rotatable bonds is 1. The highest BCUT2D eigenvalue weighted by atomic mass is 79.9. The van der Waals surface area contributed by atoms with Gasteiger partial charge in [0.2, 0.25) is 0 Å². The Kier molecular flexibility index (Phi) is 2.91. The Labute approximate surface area is 82.1 Å². The molecule has 2 heteroatoms. The number of hydrogen-bond acceptors (Lipinski definition) is 1. The Morgan fingerprint density at radius 1 is 1.25 bits per heavy atom. The van der Waals surface area contributed by atoms with Gasteiger partial charge in [0.25, 0.3) is 0 Å². The van der Waals surface area contributed by atoms with Crippen LogP contribution >= 0.6 is 15.9 Å². The van der Waals surface area contributed by atoms with Crippen LogP contribution in [0, 0.1) is 13.8 Å². The van der Waals surface area contributed by atoms with Gasteiger partial charge in [-0.1, -0.05) is 22.0 Å². The summed E-state index contributed by atoms with van der Waals surface area (Å²) in [5, 5.41) is 0. The number of benzene rings is 1. The first-order valence-electron chi connectivity index (χ1n) is 4.04. The zero-order chi connectivity index (χ0) is 9.30. The monoisotopic (exact) mass is 227 g/mol. The third kappa shape index (κ3) is 1.87. The van der Waals surface area contributed by atoms with Crippen LogP contribution in [0.2, 0.25) is 0 Å². The van der Waals surface area contributed by atoms with Crippen molar-refractivity contribution in [3.05, 3.63) is 33.3 Å². The average molecular weight is 228 g/mol. The highest BCUT2D eigenvalue weighted by molar-refractivity contribution is 9.10. The van der Waals surface area contributed by atoms with Gasteiger partial charge in [0.05, 0.1) is 0 Å². The lowest BCUT2D eigenvalue weighted by Gasteiger charge is -2.11. The van der Waals surface area contributed by atoms with Crippen molar-refractivity contribution in [3.8, 4) is 0 Å². The quantitative estimate of drug-likeness (QED) is 0.785. The smallest absolute Gasteiger partial charge is 0.0268 e. The summed E-state index contributed by atoms with van der Waals surface area (Å²) in [6, 6.07) is 4.38. The molecule has 0 spiro atoms. The normalized spacial score (nSPS) is 13.1. The molecule has 0 aliphatic heterocycles. The molecule has 2 N–H and O–H groups in total. The topological polar surface area (TPSA) is 26.0 Å². The second kappa shape index (κ2) is 3.58. The lowest BCUT2D eigenvalue weighted by atomic mass is 10.0. The summed E-state index contributed by atoms with van der Waals surface area (Å²) in [7, 11) is 0. The van der Waals surface area contributed by atoms with E-state index in [0.717, 1.165) is 4.47 Å². The highest BCUT2D eigenvalue weighted by Gasteiger charge is 2.05. The van der Waals surface area contributed by atoms with Crippen LogP contribution in [0.15, 0.2) is 16.6 Å². The van der Waals surface area contributed by atoms with E-state index in [1.54, 1.807) is 0 Å². The lowest BCUT2D eigenvalue weighted by Crippen LogP contribution is -2.07. The van der Waals surface area contributed by atoms with E-state index in [9.17, 15) is 0 Å². The molecule has 0 amide bonds. The summed E-state index contributed by atoms with van der Waals surface area (Å²) in [6.45, 7) is 6.17. The van der Waals surface area contributed by atoms with E-state index in [0.29, 0.717) is 0 Å². The maximum absolute atomic E-state index is 5.82. The molecule has 0 aliphatic carbocycles. The Morgan fingerprint density at radius 3 is 2.33 bits per heavy atom. The second-order valence-corrected chi connectivity index (χ2v) is 4.10. The first-order valence-corrected chi connectivity index (χ1v) is 4.84. The van der Waals surface area contributed by atoms with Crippen molar-refractivity contribution < 1.29 is 0 Å². The van der Waals surface area contributed by atoms with Crippen molar-refractivity contribution >= 4 is 15.9 Å². The SMILES string of the molecule is Cc1cc(C(C)N)c(C)cc1Br. The molecule has 0 fully saturated rings. The van der Waals surface area contributed by atoms with Gasteiger partial charge in [0.15, 0.2) is 0 Å². The molecule has 0 bridgehead atoms. The van der Waals surface area contributed by atoms with Crippen LogP contribution in [0.3, 0.4) is 0 Å². The Hall–Kier alpha value is -0.340. The van der Waals surface area contributed by atoms with Gasteiger partial charge in [-0.3, -0.25) is 0 Å².